The normalized spacial score (nSPS) is 11.7. The molecule has 200 valence electrons. The minimum absolute atomic E-state index is 0.136. The zero-order valence-corrected chi connectivity index (χ0v) is 23.7. The fourth-order valence-electron chi connectivity index (χ4n) is 3.75. The number of hydrogen-bond donors (Lipinski definition) is 1. The van der Waals surface area contributed by atoms with Crippen LogP contribution in [0.5, 0.6) is 0 Å². The summed E-state index contributed by atoms with van der Waals surface area (Å²) in [7, 11) is -3.24. The van der Waals surface area contributed by atoms with Crippen molar-refractivity contribution in [3.63, 3.8) is 0 Å². The van der Waals surface area contributed by atoms with Crippen LogP contribution in [0.15, 0.2) is 68.8 Å². The number of sulfone groups is 1. The van der Waals surface area contributed by atoms with E-state index in [9.17, 15) is 22.4 Å². The number of rotatable bonds is 11. The molecule has 0 unspecified atom stereocenters. The minimum Gasteiger partial charge on any atom is -0.356 e. The van der Waals surface area contributed by atoms with Crippen LogP contribution in [-0.4, -0.2) is 36.7 Å². The Bertz CT molecular complexity index is 1620. The lowest BCUT2D eigenvalue weighted by atomic mass is 10.1. The van der Waals surface area contributed by atoms with Gasteiger partial charge in [0.15, 0.2) is 15.0 Å². The standard InChI is InChI=1S/C26H25ClFN3O4S3/c1-38(34,35)20-8-4-17(5-9-20)10-12-29-23(32)3-2-13-31-25(33)24-22(11-14-36-24)30-26(31)37-16-18-6-7-19(28)15-21(18)27/h4-9,11,14-15H,2-3,10,12-13,16H2,1H3,(H,29,32). The number of fused-ring (bicyclic) bond motifs is 1. The van der Waals surface area contributed by atoms with E-state index in [0.717, 1.165) is 17.4 Å². The summed E-state index contributed by atoms with van der Waals surface area (Å²) in [4.78, 5) is 30.4. The van der Waals surface area contributed by atoms with Crippen molar-refractivity contribution < 1.29 is 17.6 Å². The van der Waals surface area contributed by atoms with Crippen LogP contribution < -0.4 is 10.9 Å². The highest BCUT2D eigenvalue weighted by atomic mass is 35.5. The van der Waals surface area contributed by atoms with E-state index < -0.39 is 15.7 Å². The van der Waals surface area contributed by atoms with Gasteiger partial charge in [-0.2, -0.15) is 0 Å². The molecule has 2 heterocycles. The van der Waals surface area contributed by atoms with Crippen molar-refractivity contribution in [2.24, 2.45) is 0 Å². The van der Waals surface area contributed by atoms with Gasteiger partial charge in [0.25, 0.3) is 5.56 Å². The Labute approximate surface area is 233 Å². The molecule has 0 aliphatic rings. The lowest BCUT2D eigenvalue weighted by Gasteiger charge is -2.12. The molecule has 4 aromatic rings. The van der Waals surface area contributed by atoms with E-state index in [2.05, 4.69) is 10.3 Å². The van der Waals surface area contributed by atoms with Crippen molar-refractivity contribution in [1.29, 1.82) is 0 Å². The van der Waals surface area contributed by atoms with Gasteiger partial charge in [0.2, 0.25) is 5.91 Å². The number of halogens is 2. The minimum atomic E-state index is -3.24. The molecular formula is C26H25ClFN3O4S3. The van der Waals surface area contributed by atoms with Crippen LogP contribution in [0.3, 0.4) is 0 Å². The van der Waals surface area contributed by atoms with E-state index in [1.54, 1.807) is 41.0 Å². The van der Waals surface area contributed by atoms with Crippen LogP contribution in [0.4, 0.5) is 4.39 Å². The first-order valence-corrected chi connectivity index (χ1v) is 15.9. The zero-order valence-electron chi connectivity index (χ0n) is 20.4. The molecule has 0 saturated carbocycles. The smallest absolute Gasteiger partial charge is 0.272 e. The molecule has 0 saturated heterocycles. The number of aromatic nitrogens is 2. The third kappa shape index (κ3) is 7.22. The van der Waals surface area contributed by atoms with Gasteiger partial charge in [0.05, 0.1) is 10.4 Å². The summed E-state index contributed by atoms with van der Waals surface area (Å²) in [5.74, 6) is -0.141. The predicted molar refractivity (Wildman–Crippen MR) is 150 cm³/mol. The summed E-state index contributed by atoms with van der Waals surface area (Å²) in [5, 5.41) is 5.51. The van der Waals surface area contributed by atoms with Crippen molar-refractivity contribution in [1.82, 2.24) is 14.9 Å². The molecule has 2 aromatic carbocycles. The van der Waals surface area contributed by atoms with Crippen molar-refractivity contribution in [2.75, 3.05) is 12.8 Å². The number of nitrogens with one attached hydrogen (secondary N) is 1. The van der Waals surface area contributed by atoms with E-state index in [-0.39, 0.29) is 22.8 Å². The van der Waals surface area contributed by atoms with Gasteiger partial charge in [-0.05, 0) is 59.7 Å². The van der Waals surface area contributed by atoms with Crippen LogP contribution in [0.25, 0.3) is 10.2 Å². The van der Waals surface area contributed by atoms with Crippen molar-refractivity contribution in [3.8, 4) is 0 Å². The Balaban J connectivity index is 1.34. The Morgan fingerprint density at radius 2 is 1.95 bits per heavy atom. The van der Waals surface area contributed by atoms with Crippen LogP contribution in [0.2, 0.25) is 5.02 Å². The van der Waals surface area contributed by atoms with E-state index >= 15 is 0 Å². The monoisotopic (exact) mass is 593 g/mol. The summed E-state index contributed by atoms with van der Waals surface area (Å²) < 4.78 is 38.7. The second-order valence-corrected chi connectivity index (χ2v) is 12.9. The van der Waals surface area contributed by atoms with Gasteiger partial charge >= 0.3 is 0 Å². The molecule has 4 rings (SSSR count). The van der Waals surface area contributed by atoms with E-state index in [1.807, 2.05) is 5.38 Å². The zero-order chi connectivity index (χ0) is 27.3. The molecule has 0 aliphatic heterocycles. The van der Waals surface area contributed by atoms with E-state index in [1.165, 1.54) is 35.2 Å². The second-order valence-electron chi connectivity index (χ2n) is 8.63. The second kappa shape index (κ2) is 12.4. The third-order valence-corrected chi connectivity index (χ3v) is 9.17. The van der Waals surface area contributed by atoms with Gasteiger partial charge in [-0.3, -0.25) is 14.2 Å². The molecule has 0 bridgehead atoms. The van der Waals surface area contributed by atoms with Crippen molar-refractivity contribution in [2.45, 2.75) is 41.6 Å². The van der Waals surface area contributed by atoms with E-state index in [0.29, 0.717) is 52.1 Å². The molecule has 38 heavy (non-hydrogen) atoms. The molecule has 1 amide bonds. The third-order valence-electron chi connectivity index (χ3n) is 5.78. The molecule has 0 spiro atoms. The first-order chi connectivity index (χ1) is 18.1. The van der Waals surface area contributed by atoms with Gasteiger partial charge in [0.1, 0.15) is 10.5 Å². The van der Waals surface area contributed by atoms with Gasteiger partial charge in [-0.25, -0.2) is 17.8 Å². The summed E-state index contributed by atoms with van der Waals surface area (Å²) in [6.45, 7) is 0.735. The first-order valence-electron chi connectivity index (χ1n) is 11.7. The summed E-state index contributed by atoms with van der Waals surface area (Å²) in [6, 6.07) is 12.6. The topological polar surface area (TPSA) is 98.1 Å². The molecule has 0 atom stereocenters. The highest BCUT2D eigenvalue weighted by molar-refractivity contribution is 7.98. The maximum Gasteiger partial charge on any atom is 0.272 e. The van der Waals surface area contributed by atoms with Crippen molar-refractivity contribution >= 4 is 60.7 Å². The molecule has 0 aliphatic carbocycles. The number of carbonyl (C=O) groups excluding carboxylic acids is 1. The average molecular weight is 594 g/mol. The van der Waals surface area contributed by atoms with E-state index in [4.69, 9.17) is 11.6 Å². The van der Waals surface area contributed by atoms with Crippen LogP contribution in [0, 0.1) is 5.82 Å². The molecule has 2 aromatic heterocycles. The molecule has 0 fully saturated rings. The molecule has 0 radical (unpaired) electrons. The van der Waals surface area contributed by atoms with Gasteiger partial charge in [-0.1, -0.05) is 41.6 Å². The summed E-state index contributed by atoms with van der Waals surface area (Å²) in [5.41, 5.74) is 2.11. The number of thiophene rings is 1. The number of hydrogen-bond acceptors (Lipinski definition) is 7. The Morgan fingerprint density at radius 3 is 2.66 bits per heavy atom. The number of carbonyl (C=O) groups is 1. The maximum atomic E-state index is 13.4. The highest BCUT2D eigenvalue weighted by Gasteiger charge is 2.14. The van der Waals surface area contributed by atoms with Crippen LogP contribution in [0.1, 0.15) is 24.0 Å². The number of nitrogens with zero attached hydrogens (tertiary/aromatic N) is 2. The number of thioether (sulfide) groups is 1. The summed E-state index contributed by atoms with van der Waals surface area (Å²) in [6.07, 6.45) is 2.41. The Morgan fingerprint density at radius 1 is 1.18 bits per heavy atom. The highest BCUT2D eigenvalue weighted by Crippen LogP contribution is 2.27. The van der Waals surface area contributed by atoms with Crippen LogP contribution >= 0.6 is 34.7 Å². The predicted octanol–water partition coefficient (Wildman–Crippen LogP) is 5.09. The van der Waals surface area contributed by atoms with Gasteiger partial charge in [0, 0.05) is 36.5 Å². The lowest BCUT2D eigenvalue weighted by molar-refractivity contribution is -0.121. The number of benzene rings is 2. The van der Waals surface area contributed by atoms with Crippen LogP contribution in [-0.2, 0) is 33.4 Å². The maximum absolute atomic E-state index is 13.4. The first kappa shape index (κ1) is 28.3. The SMILES string of the molecule is CS(=O)(=O)c1ccc(CCNC(=O)CCCn2c(SCc3ccc(F)cc3Cl)nc3ccsc3c2=O)cc1. The quantitative estimate of drug-likeness (QED) is 0.192. The summed E-state index contributed by atoms with van der Waals surface area (Å²) >= 11 is 8.82. The van der Waals surface area contributed by atoms with Gasteiger partial charge < -0.3 is 5.32 Å². The van der Waals surface area contributed by atoms with Gasteiger partial charge in [-0.15, -0.1) is 11.3 Å². The fourth-order valence-corrected chi connectivity index (χ4v) is 6.50. The molecule has 1 N–H and O–H groups in total. The average Bonchev–Trinajstić information content (AvgIpc) is 3.34. The lowest BCUT2D eigenvalue weighted by Crippen LogP contribution is -2.27. The fraction of sp³-hybridized carbons (Fsp3) is 0.269. The number of amides is 1. The molecule has 12 heteroatoms. The Kier molecular flexibility index (Phi) is 9.24. The largest absolute Gasteiger partial charge is 0.356 e. The molecule has 7 nitrogen and oxygen atoms in total. The molecular weight excluding hydrogens is 569 g/mol. The van der Waals surface area contributed by atoms with Crippen molar-refractivity contribution in [3.05, 3.63) is 86.2 Å². The Hall–Kier alpha value is -2.73.